The minimum Gasteiger partial charge on any atom is -0.453 e. The average molecular weight is 767 g/mol. The number of hydrogen-bond acceptors (Lipinski definition) is 10. The smallest absolute Gasteiger partial charge is 0.453 e. The summed E-state index contributed by atoms with van der Waals surface area (Å²) in [7, 11) is 1.22. The molecule has 18 heteroatoms. The van der Waals surface area contributed by atoms with Crippen molar-refractivity contribution in [2.75, 3.05) is 62.9 Å². The molecule has 2 aromatic heterocycles. The Morgan fingerprint density at radius 2 is 1.74 bits per heavy atom. The van der Waals surface area contributed by atoms with E-state index in [2.05, 4.69) is 35.1 Å². The van der Waals surface area contributed by atoms with E-state index >= 15 is 0 Å². The minimum absolute atomic E-state index is 0.0575. The Hall–Kier alpha value is -5.78. The molecule has 0 spiro atoms. The molecule has 2 unspecified atom stereocenters. The number of likely N-dealkylation sites (tertiary alicyclic amines) is 1. The molecular weight excluding hydrogens is 730 g/mol. The van der Waals surface area contributed by atoms with Gasteiger partial charge >= 0.3 is 12.5 Å². The highest BCUT2D eigenvalue weighted by Crippen LogP contribution is 2.38. The van der Waals surface area contributed by atoms with Gasteiger partial charge in [0, 0.05) is 49.1 Å². The number of H-pyrrole nitrogens is 1. The number of carbonyl (C=O) groups is 4. The van der Waals surface area contributed by atoms with Crippen LogP contribution in [0.3, 0.4) is 0 Å². The summed E-state index contributed by atoms with van der Waals surface area (Å²) in [6.45, 7) is 2.62. The highest BCUT2D eigenvalue weighted by molar-refractivity contribution is 7.99. The lowest BCUT2D eigenvalue weighted by Gasteiger charge is -2.33. The lowest BCUT2D eigenvalue weighted by molar-refractivity contribution is -0.274. The number of carbonyl (C=O) groups excluding carboxylic acids is 4. The Balaban J connectivity index is 1.16. The van der Waals surface area contributed by atoms with Crippen molar-refractivity contribution in [3.63, 3.8) is 0 Å². The Morgan fingerprint density at radius 1 is 1.00 bits per heavy atom. The number of nitrogens with zero attached hydrogens (tertiary/aromatic N) is 5. The van der Waals surface area contributed by atoms with Crippen LogP contribution in [0.1, 0.15) is 28.6 Å². The molecule has 0 aliphatic carbocycles. The van der Waals surface area contributed by atoms with Crippen LogP contribution >= 0.6 is 11.8 Å². The van der Waals surface area contributed by atoms with E-state index in [0.29, 0.717) is 73.3 Å². The van der Waals surface area contributed by atoms with Gasteiger partial charge in [-0.15, -0.1) is 13.2 Å². The number of benzene rings is 2. The summed E-state index contributed by atoms with van der Waals surface area (Å²) >= 11 is 1.63. The Bertz CT molecular complexity index is 1970. The van der Waals surface area contributed by atoms with Gasteiger partial charge in [0.05, 0.1) is 36.9 Å². The predicted molar refractivity (Wildman–Crippen MR) is 195 cm³/mol. The number of thioether (sulfide) groups is 1. The van der Waals surface area contributed by atoms with Crippen LogP contribution in [0.2, 0.25) is 0 Å². The van der Waals surface area contributed by atoms with Crippen molar-refractivity contribution < 1.29 is 41.8 Å². The molecule has 2 aliphatic rings. The van der Waals surface area contributed by atoms with Gasteiger partial charge in [0.15, 0.2) is 0 Å². The van der Waals surface area contributed by atoms with Crippen molar-refractivity contribution in [1.29, 1.82) is 0 Å². The Morgan fingerprint density at radius 3 is 2.39 bits per heavy atom. The summed E-state index contributed by atoms with van der Waals surface area (Å²) < 4.78 is 49.7. The number of ether oxygens (including phenoxy) is 2. The topological polar surface area (TPSA) is 162 Å². The van der Waals surface area contributed by atoms with Crippen molar-refractivity contribution in [2.24, 2.45) is 0 Å². The number of alkyl halides is 3. The number of hydrogen-bond donors (Lipinski definition) is 3. The normalized spacial score (nSPS) is 17.2. The third-order valence-electron chi connectivity index (χ3n) is 9.17. The zero-order valence-corrected chi connectivity index (χ0v) is 30.1. The summed E-state index contributed by atoms with van der Waals surface area (Å²) in [5, 5.41) is 5.25. The highest BCUT2D eigenvalue weighted by Gasteiger charge is 2.37. The number of methoxy groups -OCH3 is 1. The number of imidazole rings is 1. The van der Waals surface area contributed by atoms with Crippen molar-refractivity contribution in [3.05, 3.63) is 78.4 Å². The third kappa shape index (κ3) is 9.05. The lowest BCUT2D eigenvalue weighted by atomic mass is 10.00. The summed E-state index contributed by atoms with van der Waals surface area (Å²) in [6, 6.07) is 13.6. The van der Waals surface area contributed by atoms with Crippen molar-refractivity contribution in [2.45, 2.75) is 24.1 Å². The molecule has 0 radical (unpaired) electrons. The summed E-state index contributed by atoms with van der Waals surface area (Å²) in [5.41, 5.74) is 2.14. The van der Waals surface area contributed by atoms with Crippen LogP contribution < -0.4 is 20.3 Å². The zero-order valence-electron chi connectivity index (χ0n) is 29.3. The molecule has 2 fully saturated rings. The van der Waals surface area contributed by atoms with Gasteiger partial charge in [-0.05, 0) is 54.1 Å². The Labute approximate surface area is 312 Å². The number of piperazine rings is 1. The van der Waals surface area contributed by atoms with Gasteiger partial charge in [-0.1, -0.05) is 24.3 Å². The monoisotopic (exact) mass is 766 g/mol. The molecule has 0 bridgehead atoms. The van der Waals surface area contributed by atoms with Gasteiger partial charge in [0.1, 0.15) is 23.9 Å². The fraction of sp³-hybridized carbons (Fsp3) is 0.333. The molecule has 4 amide bonds. The number of anilines is 2. The van der Waals surface area contributed by atoms with Gasteiger partial charge in [0.2, 0.25) is 12.3 Å². The molecule has 2 atom stereocenters. The first-order valence-electron chi connectivity index (χ1n) is 16.9. The first kappa shape index (κ1) is 38.0. The van der Waals surface area contributed by atoms with E-state index in [-0.39, 0.29) is 34.9 Å². The second kappa shape index (κ2) is 16.5. The van der Waals surface area contributed by atoms with Crippen molar-refractivity contribution >= 4 is 47.6 Å². The quantitative estimate of drug-likeness (QED) is 0.179. The number of halogens is 3. The molecule has 4 aromatic rings. The minimum atomic E-state index is -5.02. The second-order valence-corrected chi connectivity index (χ2v) is 13.6. The van der Waals surface area contributed by atoms with Gasteiger partial charge in [0.25, 0.3) is 5.91 Å². The molecule has 54 heavy (non-hydrogen) atoms. The van der Waals surface area contributed by atoms with Gasteiger partial charge in [-0.25, -0.2) is 14.8 Å². The molecule has 14 nitrogen and oxygen atoms in total. The van der Waals surface area contributed by atoms with Crippen LogP contribution in [-0.4, -0.2) is 113 Å². The lowest BCUT2D eigenvalue weighted by Crippen LogP contribution is -2.46. The van der Waals surface area contributed by atoms with Crippen LogP contribution in [0.15, 0.2) is 67.0 Å². The first-order chi connectivity index (χ1) is 25.9. The van der Waals surface area contributed by atoms with Gasteiger partial charge in [-0.2, -0.15) is 11.8 Å². The number of aromatic nitrogens is 3. The molecule has 2 saturated heterocycles. The van der Waals surface area contributed by atoms with Crippen LogP contribution in [0.4, 0.5) is 29.5 Å². The second-order valence-electron chi connectivity index (χ2n) is 12.5. The molecule has 3 N–H and O–H groups in total. The zero-order chi connectivity index (χ0) is 38.4. The Kier molecular flexibility index (Phi) is 11.6. The fourth-order valence-electron chi connectivity index (χ4n) is 6.32. The standard InChI is InChI=1S/C36H37F3N8O6S/c1-52-35(51)42-19-32(49)47-20-26(54-2)16-29(47)33-41-18-28(44-33)23-5-3-22(4-6-23)27-9-7-24(15-30(27)53-36(37,38)39)34(50)43-25-8-10-31(40-17-25)46-13-11-45(21-48)12-14-46/h3-10,15,17-18,21,26,29H,11-14,16,19-20H2,1-2H3,(H,41,44)(H,42,51)(H,43,50). The number of aromatic amines is 1. The summed E-state index contributed by atoms with van der Waals surface area (Å²) in [4.78, 5) is 66.2. The van der Waals surface area contributed by atoms with Crippen molar-refractivity contribution in [3.8, 4) is 28.1 Å². The molecular formula is C36H37F3N8O6S. The molecule has 0 saturated carbocycles. The molecule has 2 aliphatic heterocycles. The maximum atomic E-state index is 13.6. The van der Waals surface area contributed by atoms with Gasteiger partial charge < -0.3 is 39.8 Å². The third-order valence-corrected chi connectivity index (χ3v) is 10.2. The van der Waals surface area contributed by atoms with E-state index < -0.39 is 24.1 Å². The van der Waals surface area contributed by atoms with Gasteiger partial charge in [-0.3, -0.25) is 14.4 Å². The first-order valence-corrected chi connectivity index (χ1v) is 18.1. The van der Waals surface area contributed by atoms with Crippen LogP contribution in [0.25, 0.3) is 22.4 Å². The highest BCUT2D eigenvalue weighted by atomic mass is 32.2. The van der Waals surface area contributed by atoms with E-state index in [1.165, 1.54) is 25.4 Å². The number of pyridine rings is 1. The fourth-order valence-corrected chi connectivity index (χ4v) is 7.01. The van der Waals surface area contributed by atoms with Crippen LogP contribution in [-0.2, 0) is 14.3 Å². The number of rotatable bonds is 11. The maximum Gasteiger partial charge on any atom is 0.573 e. The molecule has 6 rings (SSSR count). The summed E-state index contributed by atoms with van der Waals surface area (Å²) in [5.74, 6) is -0.248. The predicted octanol–water partition coefficient (Wildman–Crippen LogP) is 4.93. The average Bonchev–Trinajstić information content (AvgIpc) is 3.85. The molecule has 4 heterocycles. The number of nitrogens with one attached hydrogen (secondary N) is 3. The van der Waals surface area contributed by atoms with Crippen LogP contribution in [0, 0.1) is 0 Å². The SMILES string of the molecule is COC(=O)NCC(=O)N1CC(SC)CC1c1ncc(-c2ccc(-c3ccc(C(=O)Nc4ccc(N5CCN(C=O)CC5)nc4)cc3OC(F)(F)F)cc2)[nH]1. The van der Waals surface area contributed by atoms with E-state index in [0.717, 1.165) is 12.5 Å². The van der Waals surface area contributed by atoms with Crippen molar-refractivity contribution in [1.82, 2.24) is 30.1 Å². The summed E-state index contributed by atoms with van der Waals surface area (Å²) in [6.07, 6.45) is 0.778. The molecule has 2 aromatic carbocycles. The largest absolute Gasteiger partial charge is 0.573 e. The van der Waals surface area contributed by atoms with E-state index in [1.54, 1.807) is 64.2 Å². The van der Waals surface area contributed by atoms with E-state index in [9.17, 15) is 32.3 Å². The number of amides is 4. The van der Waals surface area contributed by atoms with E-state index in [1.807, 2.05) is 11.2 Å². The maximum absolute atomic E-state index is 13.6. The number of alkyl carbamates (subject to hydrolysis) is 1. The van der Waals surface area contributed by atoms with E-state index in [4.69, 9.17) is 0 Å². The van der Waals surface area contributed by atoms with Crippen LogP contribution in [0.5, 0.6) is 5.75 Å². The molecule has 284 valence electrons.